The minimum Gasteiger partial charge on any atom is -0.376 e. The third kappa shape index (κ3) is 2.55. The Morgan fingerprint density at radius 2 is 1.25 bits per heavy atom. The number of carbonyl (C=O) groups is 2. The Morgan fingerprint density at radius 3 is 1.75 bits per heavy atom. The standard InChI is InChI=1S/C24H19ClO3/c25-23(18-12-6-2-7-13-18)21(17-10-4-1-5-11-17)20(16-26)24(28,22(23)27)19-14-8-3-9-15-19/h1-16,20-21,28H. The monoisotopic (exact) mass is 390 g/mol. The first-order valence-corrected chi connectivity index (χ1v) is 9.50. The van der Waals surface area contributed by atoms with Crippen LogP contribution in [-0.4, -0.2) is 17.2 Å². The van der Waals surface area contributed by atoms with E-state index in [1.807, 2.05) is 36.4 Å². The van der Waals surface area contributed by atoms with Gasteiger partial charge in [0.1, 0.15) is 11.2 Å². The van der Waals surface area contributed by atoms with Gasteiger partial charge in [-0.3, -0.25) is 4.79 Å². The molecule has 4 heteroatoms. The van der Waals surface area contributed by atoms with Crippen LogP contribution in [0.5, 0.6) is 0 Å². The molecule has 0 saturated heterocycles. The maximum absolute atomic E-state index is 13.8. The van der Waals surface area contributed by atoms with E-state index in [1.54, 1.807) is 54.6 Å². The molecule has 1 N–H and O–H groups in total. The van der Waals surface area contributed by atoms with E-state index in [9.17, 15) is 14.7 Å². The SMILES string of the molecule is O=CC1C(c2ccccc2)C(Cl)(c2ccccc2)C(=O)C1(O)c1ccccc1. The van der Waals surface area contributed by atoms with Crippen molar-refractivity contribution in [3.63, 3.8) is 0 Å². The van der Waals surface area contributed by atoms with Crippen LogP contribution in [0.15, 0.2) is 91.0 Å². The second-order valence-electron chi connectivity index (χ2n) is 7.09. The Bertz CT molecular complexity index is 990. The van der Waals surface area contributed by atoms with Crippen LogP contribution in [0.25, 0.3) is 0 Å². The zero-order chi connectivity index (χ0) is 19.8. The molecule has 140 valence electrons. The number of ketones is 1. The summed E-state index contributed by atoms with van der Waals surface area (Å²) >= 11 is 7.09. The van der Waals surface area contributed by atoms with Crippen LogP contribution >= 0.6 is 11.6 Å². The number of aldehydes is 1. The summed E-state index contributed by atoms with van der Waals surface area (Å²) in [5.41, 5.74) is -0.342. The van der Waals surface area contributed by atoms with E-state index in [2.05, 4.69) is 0 Å². The summed E-state index contributed by atoms with van der Waals surface area (Å²) < 4.78 is 0. The number of Topliss-reactive ketones (excluding diaryl/α,β-unsaturated/α-hetero) is 1. The second kappa shape index (κ2) is 7.01. The van der Waals surface area contributed by atoms with Crippen molar-refractivity contribution in [1.29, 1.82) is 0 Å². The highest BCUT2D eigenvalue weighted by Crippen LogP contribution is 2.60. The van der Waals surface area contributed by atoms with E-state index in [0.29, 0.717) is 17.4 Å². The number of carbonyl (C=O) groups excluding carboxylic acids is 2. The molecule has 0 radical (unpaired) electrons. The third-order valence-electron chi connectivity index (χ3n) is 5.66. The molecule has 28 heavy (non-hydrogen) atoms. The minimum atomic E-state index is -2.01. The van der Waals surface area contributed by atoms with Crippen LogP contribution < -0.4 is 0 Å². The highest BCUT2D eigenvalue weighted by Gasteiger charge is 2.68. The Kier molecular flexibility index (Phi) is 4.66. The number of rotatable bonds is 4. The molecular weight excluding hydrogens is 372 g/mol. The van der Waals surface area contributed by atoms with Crippen molar-refractivity contribution < 1.29 is 14.7 Å². The van der Waals surface area contributed by atoms with Crippen molar-refractivity contribution in [3.8, 4) is 0 Å². The summed E-state index contributed by atoms with van der Waals surface area (Å²) in [6.07, 6.45) is 0.662. The zero-order valence-electron chi connectivity index (χ0n) is 15.0. The molecule has 3 aromatic carbocycles. The molecule has 4 unspecified atom stereocenters. The maximum Gasteiger partial charge on any atom is 0.195 e. The average molecular weight is 391 g/mol. The van der Waals surface area contributed by atoms with E-state index in [1.165, 1.54) is 0 Å². The molecule has 0 heterocycles. The number of alkyl halides is 1. The Morgan fingerprint density at radius 1 is 0.786 bits per heavy atom. The summed E-state index contributed by atoms with van der Waals surface area (Å²) in [5.74, 6) is -2.32. The van der Waals surface area contributed by atoms with Crippen LogP contribution in [0.1, 0.15) is 22.6 Å². The van der Waals surface area contributed by atoms with Gasteiger partial charge in [0.25, 0.3) is 0 Å². The Hall–Kier alpha value is -2.75. The molecule has 0 aliphatic heterocycles. The van der Waals surface area contributed by atoms with Crippen molar-refractivity contribution in [3.05, 3.63) is 108 Å². The van der Waals surface area contributed by atoms with Crippen LogP contribution in [0.2, 0.25) is 0 Å². The number of hydrogen-bond donors (Lipinski definition) is 1. The van der Waals surface area contributed by atoms with Crippen molar-refractivity contribution in [2.75, 3.05) is 0 Å². The van der Waals surface area contributed by atoms with Crippen LogP contribution in [0, 0.1) is 5.92 Å². The third-order valence-corrected chi connectivity index (χ3v) is 6.28. The quantitative estimate of drug-likeness (QED) is 0.536. The topological polar surface area (TPSA) is 54.4 Å². The van der Waals surface area contributed by atoms with E-state index in [0.717, 1.165) is 5.56 Å². The number of benzene rings is 3. The fourth-order valence-electron chi connectivity index (χ4n) is 4.34. The first-order valence-electron chi connectivity index (χ1n) is 9.12. The molecule has 4 rings (SSSR count). The Balaban J connectivity index is 2.01. The van der Waals surface area contributed by atoms with E-state index >= 15 is 0 Å². The smallest absolute Gasteiger partial charge is 0.195 e. The molecule has 0 aromatic heterocycles. The fourth-order valence-corrected chi connectivity index (χ4v) is 4.87. The maximum atomic E-state index is 13.8. The Labute approximate surface area is 168 Å². The lowest BCUT2D eigenvalue weighted by atomic mass is 9.77. The lowest BCUT2D eigenvalue weighted by Crippen LogP contribution is -2.41. The van der Waals surface area contributed by atoms with E-state index < -0.39 is 28.1 Å². The summed E-state index contributed by atoms with van der Waals surface area (Å²) in [5, 5.41) is 11.7. The zero-order valence-corrected chi connectivity index (χ0v) is 15.8. The van der Waals surface area contributed by atoms with Gasteiger partial charge in [-0.15, -0.1) is 11.6 Å². The molecule has 1 aliphatic rings. The highest BCUT2D eigenvalue weighted by atomic mass is 35.5. The van der Waals surface area contributed by atoms with Gasteiger partial charge >= 0.3 is 0 Å². The molecule has 1 fully saturated rings. The normalized spacial score (nSPS) is 29.6. The van der Waals surface area contributed by atoms with Crippen molar-refractivity contribution in [2.24, 2.45) is 5.92 Å². The summed E-state index contributed by atoms with van der Waals surface area (Å²) in [4.78, 5) is 24.5. The average Bonchev–Trinajstić information content (AvgIpc) is 2.95. The summed E-state index contributed by atoms with van der Waals surface area (Å²) in [6.45, 7) is 0. The number of halogens is 1. The first-order chi connectivity index (χ1) is 13.5. The van der Waals surface area contributed by atoms with Crippen LogP contribution in [-0.2, 0) is 20.1 Å². The van der Waals surface area contributed by atoms with Gasteiger partial charge in [0.15, 0.2) is 11.4 Å². The molecule has 0 bridgehead atoms. The predicted octanol–water partition coefficient (Wildman–Crippen LogP) is 4.19. The van der Waals surface area contributed by atoms with E-state index in [-0.39, 0.29) is 0 Å². The van der Waals surface area contributed by atoms with Gasteiger partial charge in [0, 0.05) is 5.92 Å². The lowest BCUT2D eigenvalue weighted by molar-refractivity contribution is -0.142. The van der Waals surface area contributed by atoms with Crippen molar-refractivity contribution in [2.45, 2.75) is 16.4 Å². The van der Waals surface area contributed by atoms with Gasteiger partial charge in [0.05, 0.1) is 5.92 Å². The van der Waals surface area contributed by atoms with Gasteiger partial charge in [-0.25, -0.2) is 0 Å². The molecule has 0 spiro atoms. The summed E-state index contributed by atoms with van der Waals surface area (Å²) in [7, 11) is 0. The second-order valence-corrected chi connectivity index (χ2v) is 7.69. The number of hydrogen-bond acceptors (Lipinski definition) is 3. The molecule has 0 amide bonds. The largest absolute Gasteiger partial charge is 0.376 e. The van der Waals surface area contributed by atoms with Crippen molar-refractivity contribution >= 4 is 23.7 Å². The van der Waals surface area contributed by atoms with Gasteiger partial charge in [-0.1, -0.05) is 91.0 Å². The molecule has 3 aromatic rings. The predicted molar refractivity (Wildman–Crippen MR) is 108 cm³/mol. The fraction of sp³-hybridized carbons (Fsp3) is 0.167. The van der Waals surface area contributed by atoms with Gasteiger partial charge in [0.2, 0.25) is 0 Å². The van der Waals surface area contributed by atoms with Crippen LogP contribution in [0.3, 0.4) is 0 Å². The molecule has 1 aliphatic carbocycles. The van der Waals surface area contributed by atoms with Gasteiger partial charge < -0.3 is 9.90 Å². The number of aliphatic hydroxyl groups is 1. The van der Waals surface area contributed by atoms with Gasteiger partial charge in [-0.05, 0) is 16.7 Å². The van der Waals surface area contributed by atoms with Gasteiger partial charge in [-0.2, -0.15) is 0 Å². The lowest BCUT2D eigenvalue weighted by Gasteiger charge is -2.29. The molecule has 3 nitrogen and oxygen atoms in total. The van der Waals surface area contributed by atoms with E-state index in [4.69, 9.17) is 11.6 Å². The summed E-state index contributed by atoms with van der Waals surface area (Å²) in [6, 6.07) is 26.7. The van der Waals surface area contributed by atoms with Crippen molar-refractivity contribution in [1.82, 2.24) is 0 Å². The molecule has 1 saturated carbocycles. The van der Waals surface area contributed by atoms with Crippen LogP contribution in [0.4, 0.5) is 0 Å². The highest BCUT2D eigenvalue weighted by molar-refractivity contribution is 6.38. The molecular formula is C24H19ClO3. The molecule has 4 atom stereocenters. The first kappa shape index (κ1) is 18.6. The minimum absolute atomic E-state index is 0.372.